The number of rotatable bonds is 3. The largest absolute Gasteiger partial charge is 0.0714 e. The van der Waals surface area contributed by atoms with E-state index in [-0.39, 0.29) is 0 Å². The second-order valence-corrected chi connectivity index (χ2v) is 13.7. The van der Waals surface area contributed by atoms with Gasteiger partial charge in [0.1, 0.15) is 0 Å². The molecule has 1 atom stereocenters. The van der Waals surface area contributed by atoms with Crippen molar-refractivity contribution in [3.8, 4) is 0 Å². The molecule has 2 aliphatic rings. The van der Waals surface area contributed by atoms with Crippen LogP contribution in [0, 0.1) is 0 Å². The molecule has 138 valence electrons. The van der Waals surface area contributed by atoms with Gasteiger partial charge in [-0.25, -0.2) is 0 Å². The topological polar surface area (TPSA) is 0 Å². The van der Waals surface area contributed by atoms with Gasteiger partial charge < -0.3 is 0 Å². The van der Waals surface area contributed by atoms with Crippen molar-refractivity contribution in [2.45, 2.75) is 51.9 Å². The number of hydrogen-bond donors (Lipinski definition) is 0. The molecule has 0 radical (unpaired) electrons. The van der Waals surface area contributed by atoms with Crippen LogP contribution in [-0.4, -0.2) is 8.07 Å². The van der Waals surface area contributed by atoms with Gasteiger partial charge in [-0.15, -0.1) is 0 Å². The van der Waals surface area contributed by atoms with Crippen LogP contribution >= 0.6 is 0 Å². The summed E-state index contributed by atoms with van der Waals surface area (Å²) >= 11 is 0. The second kappa shape index (κ2) is 6.49. The van der Waals surface area contributed by atoms with Crippen LogP contribution in [0.3, 0.4) is 0 Å². The van der Waals surface area contributed by atoms with Crippen molar-refractivity contribution >= 4 is 13.6 Å². The Morgan fingerprint density at radius 3 is 1.89 bits per heavy atom. The highest BCUT2D eigenvalue weighted by Crippen LogP contribution is 2.54. The summed E-state index contributed by atoms with van der Waals surface area (Å²) in [5.74, 6) is 0. The van der Waals surface area contributed by atoms with Crippen molar-refractivity contribution in [3.05, 3.63) is 99.7 Å². The monoisotopic (exact) mass is 370 g/mol. The maximum atomic E-state index is 2.60. The SMILES string of the molecule is CC1=C(C)C([Si](C)(C)C2C=C(c3ccccc3)c3ccccc32)C(C)=C1C. The Morgan fingerprint density at radius 1 is 0.704 bits per heavy atom. The molecule has 1 heteroatoms. The fourth-order valence-electron chi connectivity index (χ4n) is 5.49. The van der Waals surface area contributed by atoms with E-state index in [9.17, 15) is 0 Å². The van der Waals surface area contributed by atoms with Crippen LogP contribution in [0.25, 0.3) is 5.57 Å². The highest BCUT2D eigenvalue weighted by atomic mass is 28.3. The summed E-state index contributed by atoms with van der Waals surface area (Å²) in [5, 5.41) is 0. The van der Waals surface area contributed by atoms with Gasteiger partial charge in [0.25, 0.3) is 0 Å². The van der Waals surface area contributed by atoms with Gasteiger partial charge in [0.05, 0.1) is 8.07 Å². The van der Waals surface area contributed by atoms with Crippen LogP contribution in [0.1, 0.15) is 49.9 Å². The van der Waals surface area contributed by atoms with Crippen LogP contribution in [0.5, 0.6) is 0 Å². The smallest absolute Gasteiger partial charge is 0.0712 e. The fraction of sp³-hybridized carbons (Fsp3) is 0.308. The molecule has 0 heterocycles. The molecule has 0 nitrogen and oxygen atoms in total. The average molecular weight is 371 g/mol. The number of fused-ring (bicyclic) bond motifs is 1. The molecular formula is C26H30Si. The van der Waals surface area contributed by atoms with Gasteiger partial charge in [-0.1, -0.05) is 84.9 Å². The van der Waals surface area contributed by atoms with Crippen molar-refractivity contribution in [2.75, 3.05) is 0 Å². The van der Waals surface area contributed by atoms with Crippen LogP contribution in [0.4, 0.5) is 0 Å². The first-order chi connectivity index (χ1) is 12.8. The Bertz CT molecular complexity index is 962. The van der Waals surface area contributed by atoms with E-state index in [1.54, 1.807) is 11.1 Å². The third kappa shape index (κ3) is 2.71. The second-order valence-electron chi connectivity index (χ2n) is 8.88. The lowest BCUT2D eigenvalue weighted by atomic mass is 9.99. The molecule has 0 aliphatic heterocycles. The summed E-state index contributed by atoms with van der Waals surface area (Å²) in [4.78, 5) is 0. The minimum absolute atomic E-state index is 0.553. The first-order valence-corrected chi connectivity index (χ1v) is 13.2. The summed E-state index contributed by atoms with van der Waals surface area (Å²) in [7, 11) is -1.67. The highest BCUT2D eigenvalue weighted by molar-refractivity contribution is 6.82. The summed E-state index contributed by atoms with van der Waals surface area (Å²) in [6.45, 7) is 14.6. The van der Waals surface area contributed by atoms with E-state index in [0.717, 1.165) is 0 Å². The van der Waals surface area contributed by atoms with Crippen LogP contribution in [0.15, 0.2) is 83.0 Å². The lowest BCUT2D eigenvalue weighted by molar-refractivity contribution is 1.00. The van der Waals surface area contributed by atoms with Crippen molar-refractivity contribution in [2.24, 2.45) is 0 Å². The molecule has 0 bridgehead atoms. The molecule has 0 N–H and O–H groups in total. The summed E-state index contributed by atoms with van der Waals surface area (Å²) < 4.78 is 0. The zero-order chi connectivity index (χ0) is 19.3. The molecule has 0 saturated carbocycles. The number of benzene rings is 2. The van der Waals surface area contributed by atoms with E-state index in [0.29, 0.717) is 11.1 Å². The van der Waals surface area contributed by atoms with Crippen molar-refractivity contribution < 1.29 is 0 Å². The zero-order valence-corrected chi connectivity index (χ0v) is 18.4. The molecule has 0 aromatic heterocycles. The van der Waals surface area contributed by atoms with Crippen molar-refractivity contribution in [1.29, 1.82) is 0 Å². The van der Waals surface area contributed by atoms with E-state index in [4.69, 9.17) is 0 Å². The van der Waals surface area contributed by atoms with Crippen LogP contribution < -0.4 is 0 Å². The fourth-order valence-corrected chi connectivity index (χ4v) is 10.2. The van der Waals surface area contributed by atoms with Gasteiger partial charge in [0, 0.05) is 0 Å². The van der Waals surface area contributed by atoms with E-state index in [2.05, 4.69) is 101 Å². The van der Waals surface area contributed by atoms with Crippen LogP contribution in [-0.2, 0) is 0 Å². The van der Waals surface area contributed by atoms with Gasteiger partial charge in [0.2, 0.25) is 0 Å². The molecule has 0 amide bonds. The lowest BCUT2D eigenvalue weighted by Gasteiger charge is -2.37. The minimum Gasteiger partial charge on any atom is -0.0712 e. The molecule has 27 heavy (non-hydrogen) atoms. The molecule has 0 saturated heterocycles. The molecule has 2 aromatic rings. The summed E-state index contributed by atoms with van der Waals surface area (Å²) in [6, 6.07) is 20.0. The van der Waals surface area contributed by atoms with Gasteiger partial charge in [0.15, 0.2) is 0 Å². The van der Waals surface area contributed by atoms with Gasteiger partial charge in [-0.05, 0) is 72.2 Å². The third-order valence-electron chi connectivity index (χ3n) is 7.16. The Labute approximate surface area is 165 Å². The average Bonchev–Trinajstić information content (AvgIpc) is 3.15. The molecule has 2 aromatic carbocycles. The standard InChI is InChI=1S/C26H30Si/c1-17-18(2)20(4)26(19(17)3)27(5,6)25-16-24(21-12-8-7-9-13-21)22-14-10-11-15-23(22)25/h7-16,25-26H,1-6H3. The predicted molar refractivity (Wildman–Crippen MR) is 121 cm³/mol. The van der Waals surface area contributed by atoms with E-state index < -0.39 is 8.07 Å². The quantitative estimate of drug-likeness (QED) is 0.490. The molecule has 4 rings (SSSR count). The van der Waals surface area contributed by atoms with E-state index >= 15 is 0 Å². The van der Waals surface area contributed by atoms with Crippen LogP contribution in [0.2, 0.25) is 18.6 Å². The first kappa shape index (κ1) is 18.2. The van der Waals surface area contributed by atoms with E-state index in [1.807, 2.05) is 0 Å². The normalized spacial score (nSPS) is 20.4. The first-order valence-electron chi connectivity index (χ1n) is 10.1. The van der Waals surface area contributed by atoms with E-state index in [1.165, 1.54) is 33.4 Å². The predicted octanol–water partition coefficient (Wildman–Crippen LogP) is 7.52. The van der Waals surface area contributed by atoms with Gasteiger partial charge in [-0.3, -0.25) is 0 Å². The van der Waals surface area contributed by atoms with Gasteiger partial charge >= 0.3 is 0 Å². The van der Waals surface area contributed by atoms with Crippen molar-refractivity contribution in [3.63, 3.8) is 0 Å². The molecule has 1 unspecified atom stereocenters. The molecular weight excluding hydrogens is 340 g/mol. The summed E-state index contributed by atoms with van der Waals surface area (Å²) in [6.07, 6.45) is 2.59. The Morgan fingerprint density at radius 2 is 1.26 bits per heavy atom. The summed E-state index contributed by atoms with van der Waals surface area (Å²) in [5.41, 5.74) is 13.2. The Hall–Kier alpha value is -2.12. The van der Waals surface area contributed by atoms with Crippen molar-refractivity contribution in [1.82, 2.24) is 0 Å². The van der Waals surface area contributed by atoms with Gasteiger partial charge in [-0.2, -0.15) is 0 Å². The Balaban J connectivity index is 1.85. The highest BCUT2D eigenvalue weighted by Gasteiger charge is 2.46. The third-order valence-corrected chi connectivity index (χ3v) is 11.6. The molecule has 0 fully saturated rings. The molecule has 0 spiro atoms. The number of hydrogen-bond acceptors (Lipinski definition) is 0. The zero-order valence-electron chi connectivity index (χ0n) is 17.4. The molecule has 2 aliphatic carbocycles. The number of allylic oxidation sites excluding steroid dienone is 5. The Kier molecular flexibility index (Phi) is 4.39. The lowest BCUT2D eigenvalue weighted by Crippen LogP contribution is -2.39. The maximum Gasteiger partial charge on any atom is 0.0714 e. The maximum absolute atomic E-state index is 2.60. The minimum atomic E-state index is -1.67.